The van der Waals surface area contributed by atoms with E-state index in [2.05, 4.69) is 0 Å². The van der Waals surface area contributed by atoms with Crippen molar-refractivity contribution >= 4 is 11.8 Å². The topological polar surface area (TPSA) is 9.23 Å². The van der Waals surface area contributed by atoms with Gasteiger partial charge < -0.3 is 4.74 Å². The van der Waals surface area contributed by atoms with Crippen LogP contribution >= 0.6 is 11.8 Å². The highest BCUT2D eigenvalue weighted by Gasteiger charge is 1.88. The molecule has 0 atom stereocenters. The second-order valence-corrected chi connectivity index (χ2v) is 1.80. The molecule has 0 bridgehead atoms. The van der Waals surface area contributed by atoms with Gasteiger partial charge in [0.1, 0.15) is 0 Å². The van der Waals surface area contributed by atoms with Crippen molar-refractivity contribution in [1.29, 1.82) is 0 Å². The smallest absolute Gasteiger partial charge is 0.190 e. The summed E-state index contributed by atoms with van der Waals surface area (Å²) < 4.78 is 4.73. The van der Waals surface area contributed by atoms with E-state index in [1.807, 2.05) is 6.08 Å². The average Bonchev–Trinajstić information content (AvgIpc) is 1.72. The number of thioether (sulfide) groups is 1. The Morgan fingerprint density at radius 3 is 2.83 bits per heavy atom. The van der Waals surface area contributed by atoms with Gasteiger partial charge in [-0.3, -0.25) is 0 Å². The first-order chi connectivity index (χ1) is 3.00. The van der Waals surface area contributed by atoms with Crippen LogP contribution in [-0.2, 0) is 4.74 Å². The highest BCUT2D eigenvalue weighted by atomic mass is 32.2. The molecule has 0 aromatic heterocycles. The molecule has 0 aromatic rings. The van der Waals surface area contributed by atoms with Crippen molar-refractivity contribution in [2.75, 3.05) is 5.75 Å². The summed E-state index contributed by atoms with van der Waals surface area (Å²) in [6.45, 7) is 0. The lowest BCUT2D eigenvalue weighted by atomic mass is 10.7. The molecule has 0 N–H and O–H groups in total. The minimum atomic E-state index is 1.06. The van der Waals surface area contributed by atoms with Crippen LogP contribution in [0.5, 0.6) is 0 Å². The molecule has 33 valence electrons. The van der Waals surface area contributed by atoms with Crippen LogP contribution in [0.2, 0.25) is 0 Å². The van der Waals surface area contributed by atoms with Crippen molar-refractivity contribution in [3.8, 4) is 0 Å². The molecule has 1 radical (unpaired) electrons. The van der Waals surface area contributed by atoms with Gasteiger partial charge in [0.05, 0.1) is 6.26 Å². The highest BCUT2D eigenvalue weighted by Crippen LogP contribution is 2.10. The zero-order valence-corrected chi connectivity index (χ0v) is 4.07. The number of hydrogen-bond acceptors (Lipinski definition) is 2. The lowest BCUT2D eigenvalue weighted by molar-refractivity contribution is 0.375. The van der Waals surface area contributed by atoms with Gasteiger partial charge in [-0.2, -0.15) is 0 Å². The summed E-state index contributed by atoms with van der Waals surface area (Å²) in [6.07, 6.45) is 3.67. The van der Waals surface area contributed by atoms with E-state index in [4.69, 9.17) is 4.74 Å². The van der Waals surface area contributed by atoms with Gasteiger partial charge in [0, 0.05) is 5.75 Å². The van der Waals surface area contributed by atoms with Crippen LogP contribution in [-0.4, -0.2) is 5.75 Å². The fraction of sp³-hybridized carbons (Fsp3) is 0.250. The summed E-state index contributed by atoms with van der Waals surface area (Å²) >= 11 is 1.66. The molecule has 2 heteroatoms. The Morgan fingerprint density at radius 2 is 2.67 bits per heavy atom. The minimum absolute atomic E-state index is 1.06. The Morgan fingerprint density at radius 1 is 1.67 bits per heavy atom. The van der Waals surface area contributed by atoms with Gasteiger partial charge in [-0.15, -0.1) is 11.8 Å². The van der Waals surface area contributed by atoms with Crippen molar-refractivity contribution in [3.05, 3.63) is 18.3 Å². The lowest BCUT2D eigenvalue weighted by Crippen LogP contribution is -1.81. The maximum absolute atomic E-state index is 4.73. The molecule has 1 aliphatic rings. The monoisotopic (exact) mass is 101 g/mol. The first kappa shape index (κ1) is 4.06. The molecule has 0 aliphatic carbocycles. The normalized spacial score (nSPS) is 20.0. The predicted molar refractivity (Wildman–Crippen MR) is 27.0 cm³/mol. The molecule has 0 saturated heterocycles. The standard InChI is InChI=1S/C4H5OS/c1-2-5-4-6-3-1/h1-2,4H,3H2. The van der Waals surface area contributed by atoms with Gasteiger partial charge in [0.25, 0.3) is 0 Å². The molecule has 0 aromatic carbocycles. The van der Waals surface area contributed by atoms with Crippen molar-refractivity contribution in [1.82, 2.24) is 0 Å². The van der Waals surface area contributed by atoms with Crippen LogP contribution in [0.25, 0.3) is 0 Å². The molecular formula is C4H5OS. The molecular weight excluding hydrogens is 96.1 g/mol. The predicted octanol–water partition coefficient (Wildman–Crippen LogP) is 1.38. The zero-order chi connectivity index (χ0) is 4.24. The summed E-state index contributed by atoms with van der Waals surface area (Å²) in [5.74, 6) is 2.78. The maximum Gasteiger partial charge on any atom is 0.190 e. The van der Waals surface area contributed by atoms with Crippen molar-refractivity contribution in [2.45, 2.75) is 0 Å². The molecule has 1 nitrogen and oxygen atoms in total. The first-order valence-electron chi connectivity index (χ1n) is 1.74. The van der Waals surface area contributed by atoms with Crippen LogP contribution in [0.1, 0.15) is 0 Å². The van der Waals surface area contributed by atoms with Crippen LogP contribution < -0.4 is 0 Å². The van der Waals surface area contributed by atoms with E-state index in [9.17, 15) is 0 Å². The Kier molecular flexibility index (Phi) is 1.44. The van der Waals surface area contributed by atoms with E-state index in [-0.39, 0.29) is 0 Å². The largest absolute Gasteiger partial charge is 0.483 e. The van der Waals surface area contributed by atoms with Gasteiger partial charge in [-0.05, 0) is 6.08 Å². The Labute approximate surface area is 41.4 Å². The SMILES string of the molecule is [CH]1OC=CCS1. The summed E-state index contributed by atoms with van der Waals surface area (Å²) in [5.41, 5.74) is 0. The Balaban J connectivity index is 2.26. The quantitative estimate of drug-likeness (QED) is 0.456. The van der Waals surface area contributed by atoms with Crippen LogP contribution in [0, 0.1) is 5.94 Å². The summed E-state index contributed by atoms with van der Waals surface area (Å²) in [5, 5.41) is 0. The molecule has 6 heavy (non-hydrogen) atoms. The third-order valence-electron chi connectivity index (χ3n) is 0.491. The molecule has 1 rings (SSSR count). The minimum Gasteiger partial charge on any atom is -0.483 e. The van der Waals surface area contributed by atoms with Gasteiger partial charge in [0.15, 0.2) is 5.94 Å². The van der Waals surface area contributed by atoms with Crippen LogP contribution in [0.4, 0.5) is 0 Å². The summed E-state index contributed by atoms with van der Waals surface area (Å²) in [7, 11) is 0. The molecule has 0 fully saturated rings. The molecule has 1 aliphatic heterocycles. The van der Waals surface area contributed by atoms with E-state index in [1.54, 1.807) is 24.0 Å². The van der Waals surface area contributed by atoms with Crippen molar-refractivity contribution in [2.24, 2.45) is 0 Å². The molecule has 0 amide bonds. The molecule has 0 saturated carbocycles. The molecule has 0 unspecified atom stereocenters. The Bertz CT molecular complexity index is 52.6. The van der Waals surface area contributed by atoms with Gasteiger partial charge in [-0.1, -0.05) is 0 Å². The van der Waals surface area contributed by atoms with Crippen molar-refractivity contribution < 1.29 is 4.74 Å². The Hall–Kier alpha value is -0.110. The van der Waals surface area contributed by atoms with Gasteiger partial charge >= 0.3 is 0 Å². The maximum atomic E-state index is 4.73. The van der Waals surface area contributed by atoms with Crippen LogP contribution in [0.3, 0.4) is 0 Å². The fourth-order valence-corrected chi connectivity index (χ4v) is 0.672. The zero-order valence-electron chi connectivity index (χ0n) is 3.26. The second-order valence-electron chi connectivity index (χ2n) is 0.937. The number of ether oxygens (including phenoxy) is 1. The average molecular weight is 101 g/mol. The first-order valence-corrected chi connectivity index (χ1v) is 2.79. The third-order valence-corrected chi connectivity index (χ3v) is 1.12. The highest BCUT2D eigenvalue weighted by molar-refractivity contribution is 8.01. The summed E-state index contributed by atoms with van der Waals surface area (Å²) in [6, 6.07) is 0. The van der Waals surface area contributed by atoms with Crippen molar-refractivity contribution in [3.63, 3.8) is 0 Å². The number of rotatable bonds is 0. The fourth-order valence-electron chi connectivity index (χ4n) is 0.261. The third kappa shape index (κ3) is 0.937. The molecule has 0 spiro atoms. The second kappa shape index (κ2) is 2.13. The summed E-state index contributed by atoms with van der Waals surface area (Å²) in [4.78, 5) is 0. The van der Waals surface area contributed by atoms with E-state index in [0.717, 1.165) is 5.75 Å². The lowest BCUT2D eigenvalue weighted by Gasteiger charge is -2.00. The van der Waals surface area contributed by atoms with E-state index >= 15 is 0 Å². The van der Waals surface area contributed by atoms with E-state index < -0.39 is 0 Å². The number of hydrogen-bond donors (Lipinski definition) is 0. The van der Waals surface area contributed by atoms with Crippen LogP contribution in [0.15, 0.2) is 12.3 Å². The van der Waals surface area contributed by atoms with E-state index in [1.165, 1.54) is 0 Å². The van der Waals surface area contributed by atoms with Gasteiger partial charge in [0.2, 0.25) is 0 Å². The van der Waals surface area contributed by atoms with E-state index in [0.29, 0.717) is 0 Å². The molecule has 1 heterocycles. The van der Waals surface area contributed by atoms with Gasteiger partial charge in [-0.25, -0.2) is 0 Å².